The minimum atomic E-state index is -4.26. The largest absolute Gasteiger partial charge is 0.389 e. The van der Waals surface area contributed by atoms with E-state index in [9.17, 15) is 18.0 Å². The molecule has 0 spiro atoms. The number of amides is 1. The molecule has 0 aliphatic rings. The van der Waals surface area contributed by atoms with E-state index in [0.29, 0.717) is 19.5 Å². The van der Waals surface area contributed by atoms with Gasteiger partial charge in [-0.1, -0.05) is 0 Å². The maximum absolute atomic E-state index is 11.7. The van der Waals surface area contributed by atoms with Crippen LogP contribution in [0.4, 0.5) is 13.2 Å². The van der Waals surface area contributed by atoms with Gasteiger partial charge in [-0.3, -0.25) is 4.79 Å². The van der Waals surface area contributed by atoms with E-state index in [0.717, 1.165) is 6.42 Å². The Hall–Kier alpha value is -0.780. The van der Waals surface area contributed by atoms with Gasteiger partial charge in [-0.05, 0) is 19.4 Å². The first-order valence-corrected chi connectivity index (χ1v) is 4.49. The summed E-state index contributed by atoms with van der Waals surface area (Å²) in [7, 11) is 0. The van der Waals surface area contributed by atoms with Crippen molar-refractivity contribution in [2.75, 3.05) is 13.1 Å². The number of hydrogen-bond donors (Lipinski definition) is 2. The average molecular weight is 212 g/mol. The molecule has 6 heteroatoms. The number of nitrogens with two attached hydrogens (primary N) is 1. The lowest BCUT2D eigenvalue weighted by atomic mass is 10.2. The molecule has 0 rings (SSSR count). The highest BCUT2D eigenvalue weighted by molar-refractivity contribution is 5.75. The molecule has 0 aromatic heterocycles. The molecule has 0 aliphatic heterocycles. The second-order valence-corrected chi connectivity index (χ2v) is 2.96. The summed E-state index contributed by atoms with van der Waals surface area (Å²) >= 11 is 0. The van der Waals surface area contributed by atoms with Crippen LogP contribution in [0.3, 0.4) is 0 Å². The lowest BCUT2D eigenvalue weighted by Crippen LogP contribution is -2.26. The molecule has 0 aromatic carbocycles. The van der Waals surface area contributed by atoms with E-state index in [1.54, 1.807) is 0 Å². The van der Waals surface area contributed by atoms with Gasteiger partial charge < -0.3 is 11.1 Å². The second-order valence-electron chi connectivity index (χ2n) is 2.96. The van der Waals surface area contributed by atoms with Crippen LogP contribution >= 0.6 is 0 Å². The predicted molar refractivity (Wildman–Crippen MR) is 46.6 cm³/mol. The standard InChI is InChI=1S/C8H15F3N2O/c9-8(10,11)4-3-7(14)13-6-2-1-5-12/h1-6,12H2,(H,13,14). The van der Waals surface area contributed by atoms with Gasteiger partial charge in [-0.2, -0.15) is 13.2 Å². The summed E-state index contributed by atoms with van der Waals surface area (Å²) < 4.78 is 35.0. The van der Waals surface area contributed by atoms with Crippen LogP contribution in [0.2, 0.25) is 0 Å². The van der Waals surface area contributed by atoms with Crippen molar-refractivity contribution in [3.05, 3.63) is 0 Å². The fourth-order valence-electron chi connectivity index (χ4n) is 0.841. The molecule has 0 fully saturated rings. The van der Waals surface area contributed by atoms with Gasteiger partial charge in [0.25, 0.3) is 0 Å². The third-order valence-corrected chi connectivity index (χ3v) is 1.59. The van der Waals surface area contributed by atoms with Crippen molar-refractivity contribution >= 4 is 5.91 Å². The van der Waals surface area contributed by atoms with E-state index in [1.807, 2.05) is 0 Å². The molecule has 0 saturated heterocycles. The van der Waals surface area contributed by atoms with Gasteiger partial charge >= 0.3 is 6.18 Å². The lowest BCUT2D eigenvalue weighted by molar-refractivity contribution is -0.144. The molecule has 0 aromatic rings. The molecule has 14 heavy (non-hydrogen) atoms. The summed E-state index contributed by atoms with van der Waals surface area (Å²) in [5.74, 6) is -0.556. The second kappa shape index (κ2) is 6.64. The van der Waals surface area contributed by atoms with Crippen LogP contribution in [-0.2, 0) is 4.79 Å². The van der Waals surface area contributed by atoms with Crippen LogP contribution in [-0.4, -0.2) is 25.2 Å². The van der Waals surface area contributed by atoms with Crippen molar-refractivity contribution in [3.8, 4) is 0 Å². The van der Waals surface area contributed by atoms with Gasteiger partial charge in [0, 0.05) is 13.0 Å². The van der Waals surface area contributed by atoms with E-state index in [4.69, 9.17) is 5.73 Å². The first kappa shape index (κ1) is 13.2. The molecular formula is C8H15F3N2O. The molecule has 0 aliphatic carbocycles. The average Bonchev–Trinajstić information content (AvgIpc) is 2.08. The summed E-state index contributed by atoms with van der Waals surface area (Å²) in [6.07, 6.45) is -4.34. The van der Waals surface area contributed by atoms with Crippen molar-refractivity contribution < 1.29 is 18.0 Å². The molecular weight excluding hydrogens is 197 g/mol. The number of carbonyl (C=O) groups is 1. The predicted octanol–water partition coefficient (Wildman–Crippen LogP) is 1.18. The molecule has 84 valence electrons. The molecule has 1 amide bonds. The van der Waals surface area contributed by atoms with E-state index in [-0.39, 0.29) is 0 Å². The van der Waals surface area contributed by atoms with Gasteiger partial charge in [-0.15, -0.1) is 0 Å². The van der Waals surface area contributed by atoms with Gasteiger partial charge in [0.05, 0.1) is 6.42 Å². The van der Waals surface area contributed by atoms with Crippen LogP contribution < -0.4 is 11.1 Å². The van der Waals surface area contributed by atoms with E-state index < -0.39 is 24.9 Å². The highest BCUT2D eigenvalue weighted by atomic mass is 19.4. The van der Waals surface area contributed by atoms with Gasteiger partial charge in [0.1, 0.15) is 0 Å². The summed E-state index contributed by atoms with van der Waals surface area (Å²) in [6, 6.07) is 0. The van der Waals surface area contributed by atoms with Crippen LogP contribution in [0.5, 0.6) is 0 Å². The zero-order chi connectivity index (χ0) is 11.0. The Bertz CT molecular complexity index is 170. The molecule has 3 nitrogen and oxygen atoms in total. The molecule has 0 unspecified atom stereocenters. The highest BCUT2D eigenvalue weighted by Crippen LogP contribution is 2.20. The highest BCUT2D eigenvalue weighted by Gasteiger charge is 2.27. The summed E-state index contributed by atoms with van der Waals surface area (Å²) in [6.45, 7) is 0.923. The summed E-state index contributed by atoms with van der Waals surface area (Å²) in [4.78, 5) is 10.8. The smallest absolute Gasteiger partial charge is 0.356 e. The first-order valence-electron chi connectivity index (χ1n) is 4.49. The number of rotatable bonds is 6. The Morgan fingerprint density at radius 1 is 1.29 bits per heavy atom. The molecule has 0 heterocycles. The zero-order valence-electron chi connectivity index (χ0n) is 7.86. The van der Waals surface area contributed by atoms with Crippen molar-refractivity contribution in [1.82, 2.24) is 5.32 Å². The number of carbonyl (C=O) groups excluding carboxylic acids is 1. The summed E-state index contributed by atoms with van der Waals surface area (Å²) in [5, 5.41) is 2.40. The third kappa shape index (κ3) is 9.31. The van der Waals surface area contributed by atoms with E-state index >= 15 is 0 Å². The number of hydrogen-bond acceptors (Lipinski definition) is 2. The Morgan fingerprint density at radius 2 is 1.93 bits per heavy atom. The number of nitrogens with one attached hydrogen (secondary N) is 1. The molecule has 0 atom stereocenters. The quantitative estimate of drug-likeness (QED) is 0.650. The van der Waals surface area contributed by atoms with Crippen LogP contribution in [0, 0.1) is 0 Å². The van der Waals surface area contributed by atoms with Crippen LogP contribution in [0.1, 0.15) is 25.7 Å². The normalized spacial score (nSPS) is 11.4. The van der Waals surface area contributed by atoms with Crippen LogP contribution in [0.25, 0.3) is 0 Å². The maximum atomic E-state index is 11.7. The monoisotopic (exact) mass is 212 g/mol. The fraction of sp³-hybridized carbons (Fsp3) is 0.875. The fourth-order valence-corrected chi connectivity index (χ4v) is 0.841. The minimum absolute atomic E-state index is 0.397. The van der Waals surface area contributed by atoms with E-state index in [2.05, 4.69) is 5.32 Å². The SMILES string of the molecule is NCCCCNC(=O)CCC(F)(F)F. The molecule has 3 N–H and O–H groups in total. The maximum Gasteiger partial charge on any atom is 0.389 e. The molecule has 0 saturated carbocycles. The minimum Gasteiger partial charge on any atom is -0.356 e. The molecule has 0 radical (unpaired) electrons. The first-order chi connectivity index (χ1) is 6.45. The third-order valence-electron chi connectivity index (χ3n) is 1.59. The van der Waals surface area contributed by atoms with E-state index in [1.165, 1.54) is 0 Å². The Morgan fingerprint density at radius 3 is 2.43 bits per heavy atom. The number of halogens is 3. The van der Waals surface area contributed by atoms with Crippen molar-refractivity contribution in [3.63, 3.8) is 0 Å². The van der Waals surface area contributed by atoms with Gasteiger partial charge in [-0.25, -0.2) is 0 Å². The topological polar surface area (TPSA) is 55.1 Å². The van der Waals surface area contributed by atoms with Crippen molar-refractivity contribution in [1.29, 1.82) is 0 Å². The summed E-state index contributed by atoms with van der Waals surface area (Å²) in [5.41, 5.74) is 5.20. The van der Waals surface area contributed by atoms with Crippen LogP contribution in [0.15, 0.2) is 0 Å². The molecule has 0 bridgehead atoms. The Balaban J connectivity index is 3.38. The number of alkyl halides is 3. The lowest BCUT2D eigenvalue weighted by Gasteiger charge is -2.06. The van der Waals surface area contributed by atoms with Crippen molar-refractivity contribution in [2.24, 2.45) is 5.73 Å². The van der Waals surface area contributed by atoms with Crippen molar-refractivity contribution in [2.45, 2.75) is 31.9 Å². The Kier molecular flexibility index (Phi) is 6.27. The Labute approximate surface area is 80.8 Å². The van der Waals surface area contributed by atoms with Gasteiger partial charge in [0.2, 0.25) is 5.91 Å². The van der Waals surface area contributed by atoms with Gasteiger partial charge in [0.15, 0.2) is 0 Å². The number of unbranched alkanes of at least 4 members (excludes halogenated alkanes) is 1. The zero-order valence-corrected chi connectivity index (χ0v) is 7.86.